The van der Waals surface area contributed by atoms with Crippen molar-refractivity contribution in [1.29, 1.82) is 0 Å². The number of hydrogen-bond donors (Lipinski definition) is 1. The fraction of sp³-hybridized carbons (Fsp3) is 1.00. The molecule has 0 bridgehead atoms. The van der Waals surface area contributed by atoms with E-state index >= 15 is 0 Å². The lowest BCUT2D eigenvalue weighted by molar-refractivity contribution is -0.179. The highest BCUT2D eigenvalue weighted by Crippen LogP contribution is 2.36. The van der Waals surface area contributed by atoms with Gasteiger partial charge in [-0.1, -0.05) is 0 Å². The molecule has 3 rings (SSSR count). The minimum Gasteiger partial charge on any atom is -0.348 e. The Morgan fingerprint density at radius 1 is 0.944 bits per heavy atom. The molecule has 0 unspecified atom stereocenters. The molecular weight excluding hydrogens is 250 g/mol. The average Bonchev–Trinajstić information content (AvgIpc) is 2.84. The van der Waals surface area contributed by atoms with Gasteiger partial charge in [-0.25, -0.2) is 0 Å². The molecule has 104 valence electrons. The molecule has 1 spiro atoms. The Bertz CT molecular complexity index is 297. The standard InChI is InChI=1S/C13H23NO3S/c15-18-9-3-12(4-10-18)14-11-1-5-13(6-2-11)16-7-8-17-13/h11-12,14H,1-10H2. The Kier molecular flexibility index (Phi) is 4.03. The maximum atomic E-state index is 11.3. The van der Waals surface area contributed by atoms with Crippen molar-refractivity contribution >= 4 is 10.8 Å². The summed E-state index contributed by atoms with van der Waals surface area (Å²) in [5, 5.41) is 3.74. The van der Waals surface area contributed by atoms with Gasteiger partial charge < -0.3 is 14.8 Å². The van der Waals surface area contributed by atoms with Gasteiger partial charge in [0, 0.05) is 47.2 Å². The Labute approximate surface area is 111 Å². The SMILES string of the molecule is O=S1CCC(NC2CCC3(CC2)OCCO3)CC1. The maximum Gasteiger partial charge on any atom is 0.168 e. The van der Waals surface area contributed by atoms with E-state index in [4.69, 9.17) is 9.47 Å². The van der Waals surface area contributed by atoms with Crippen LogP contribution in [0.25, 0.3) is 0 Å². The van der Waals surface area contributed by atoms with Crippen LogP contribution in [0.5, 0.6) is 0 Å². The van der Waals surface area contributed by atoms with Gasteiger partial charge in [-0.2, -0.15) is 0 Å². The lowest BCUT2D eigenvalue weighted by Gasteiger charge is -2.37. The molecule has 0 radical (unpaired) electrons. The first-order valence-electron chi connectivity index (χ1n) is 7.15. The lowest BCUT2D eigenvalue weighted by Crippen LogP contribution is -2.47. The lowest BCUT2D eigenvalue weighted by atomic mass is 9.89. The van der Waals surface area contributed by atoms with Gasteiger partial charge in [0.25, 0.3) is 0 Å². The Hall–Kier alpha value is 0.0300. The third-order valence-corrected chi connectivity index (χ3v) is 5.80. The van der Waals surface area contributed by atoms with Gasteiger partial charge in [0.15, 0.2) is 5.79 Å². The summed E-state index contributed by atoms with van der Waals surface area (Å²) in [6.07, 6.45) is 6.45. The molecule has 2 saturated heterocycles. The Morgan fingerprint density at radius 3 is 2.11 bits per heavy atom. The second kappa shape index (κ2) is 5.57. The average molecular weight is 273 g/mol. The number of ether oxygens (including phenoxy) is 2. The molecule has 0 aromatic carbocycles. The predicted molar refractivity (Wildman–Crippen MR) is 70.9 cm³/mol. The van der Waals surface area contributed by atoms with Crippen LogP contribution in [0, 0.1) is 0 Å². The summed E-state index contributed by atoms with van der Waals surface area (Å²) in [5.41, 5.74) is 0. The van der Waals surface area contributed by atoms with Crippen molar-refractivity contribution in [3.05, 3.63) is 0 Å². The first kappa shape index (κ1) is 13.0. The summed E-state index contributed by atoms with van der Waals surface area (Å²) >= 11 is 0. The van der Waals surface area contributed by atoms with Gasteiger partial charge in [0.05, 0.1) is 13.2 Å². The van der Waals surface area contributed by atoms with E-state index in [0.29, 0.717) is 12.1 Å². The molecular formula is C13H23NO3S. The highest BCUT2D eigenvalue weighted by Gasteiger charge is 2.40. The molecule has 4 nitrogen and oxygen atoms in total. The molecule has 0 atom stereocenters. The first-order chi connectivity index (χ1) is 8.76. The van der Waals surface area contributed by atoms with Crippen LogP contribution >= 0.6 is 0 Å². The normalized spacial score (nSPS) is 37.1. The zero-order valence-electron chi connectivity index (χ0n) is 10.9. The number of rotatable bonds is 2. The summed E-state index contributed by atoms with van der Waals surface area (Å²) in [7, 11) is -0.554. The van der Waals surface area contributed by atoms with Crippen molar-refractivity contribution in [2.24, 2.45) is 0 Å². The van der Waals surface area contributed by atoms with E-state index in [0.717, 1.165) is 63.2 Å². The van der Waals surface area contributed by atoms with Crippen LogP contribution in [-0.4, -0.2) is 46.8 Å². The van der Waals surface area contributed by atoms with Crippen LogP contribution in [0.4, 0.5) is 0 Å². The van der Waals surface area contributed by atoms with E-state index in [1.165, 1.54) is 0 Å². The third kappa shape index (κ3) is 2.95. The van der Waals surface area contributed by atoms with E-state index in [-0.39, 0.29) is 5.79 Å². The second-order valence-electron chi connectivity index (χ2n) is 5.67. The van der Waals surface area contributed by atoms with Crippen molar-refractivity contribution in [2.45, 2.75) is 56.4 Å². The zero-order chi connectivity index (χ0) is 12.4. The van der Waals surface area contributed by atoms with Crippen LogP contribution in [0.3, 0.4) is 0 Å². The van der Waals surface area contributed by atoms with Gasteiger partial charge in [0.1, 0.15) is 0 Å². The molecule has 1 saturated carbocycles. The minimum atomic E-state index is -0.554. The fourth-order valence-electron chi connectivity index (χ4n) is 3.30. The predicted octanol–water partition coefficient (Wildman–Crippen LogP) is 1.17. The zero-order valence-corrected chi connectivity index (χ0v) is 11.7. The molecule has 0 aromatic rings. The van der Waals surface area contributed by atoms with Crippen molar-refractivity contribution in [3.63, 3.8) is 0 Å². The fourth-order valence-corrected chi connectivity index (χ4v) is 4.60. The summed E-state index contributed by atoms with van der Waals surface area (Å²) in [6, 6.07) is 1.17. The first-order valence-corrected chi connectivity index (χ1v) is 8.64. The summed E-state index contributed by atoms with van der Waals surface area (Å²) in [5.74, 6) is 1.51. The third-order valence-electron chi connectivity index (χ3n) is 4.42. The van der Waals surface area contributed by atoms with Crippen LogP contribution < -0.4 is 5.32 Å². The van der Waals surface area contributed by atoms with Crippen LogP contribution in [0.1, 0.15) is 38.5 Å². The smallest absolute Gasteiger partial charge is 0.168 e. The van der Waals surface area contributed by atoms with Crippen LogP contribution in [-0.2, 0) is 20.3 Å². The molecule has 1 aliphatic carbocycles. The van der Waals surface area contributed by atoms with Gasteiger partial charge in [-0.15, -0.1) is 0 Å². The summed E-state index contributed by atoms with van der Waals surface area (Å²) in [4.78, 5) is 0. The molecule has 1 N–H and O–H groups in total. The van der Waals surface area contributed by atoms with E-state index in [1.54, 1.807) is 0 Å². The molecule has 0 amide bonds. The van der Waals surface area contributed by atoms with Crippen molar-refractivity contribution < 1.29 is 13.7 Å². The summed E-state index contributed by atoms with van der Waals surface area (Å²) < 4.78 is 22.8. The number of nitrogens with one attached hydrogen (secondary N) is 1. The highest BCUT2D eigenvalue weighted by molar-refractivity contribution is 7.85. The van der Waals surface area contributed by atoms with Crippen LogP contribution in [0.2, 0.25) is 0 Å². The summed E-state index contributed by atoms with van der Waals surface area (Å²) in [6.45, 7) is 1.51. The van der Waals surface area contributed by atoms with Crippen LogP contribution in [0.15, 0.2) is 0 Å². The van der Waals surface area contributed by atoms with Gasteiger partial charge in [-0.3, -0.25) is 4.21 Å². The maximum absolute atomic E-state index is 11.3. The van der Waals surface area contributed by atoms with Crippen molar-refractivity contribution in [2.75, 3.05) is 24.7 Å². The molecule has 2 aliphatic heterocycles. The van der Waals surface area contributed by atoms with E-state index in [2.05, 4.69) is 5.32 Å². The molecule has 5 heteroatoms. The molecule has 0 aromatic heterocycles. The Balaban J connectivity index is 1.44. The molecule has 3 aliphatic rings. The van der Waals surface area contributed by atoms with Crippen molar-refractivity contribution in [1.82, 2.24) is 5.32 Å². The topological polar surface area (TPSA) is 47.6 Å². The van der Waals surface area contributed by atoms with E-state index in [1.807, 2.05) is 0 Å². The highest BCUT2D eigenvalue weighted by atomic mass is 32.2. The quantitative estimate of drug-likeness (QED) is 0.820. The molecule has 2 heterocycles. The molecule has 3 fully saturated rings. The Morgan fingerprint density at radius 2 is 1.50 bits per heavy atom. The van der Waals surface area contributed by atoms with E-state index < -0.39 is 10.8 Å². The number of hydrogen-bond acceptors (Lipinski definition) is 4. The van der Waals surface area contributed by atoms with Crippen molar-refractivity contribution in [3.8, 4) is 0 Å². The second-order valence-corrected chi connectivity index (χ2v) is 7.37. The largest absolute Gasteiger partial charge is 0.348 e. The monoisotopic (exact) mass is 273 g/mol. The van der Waals surface area contributed by atoms with Gasteiger partial charge in [0.2, 0.25) is 0 Å². The minimum absolute atomic E-state index is 0.244. The molecule has 18 heavy (non-hydrogen) atoms. The van der Waals surface area contributed by atoms with E-state index in [9.17, 15) is 4.21 Å². The van der Waals surface area contributed by atoms with Gasteiger partial charge in [-0.05, 0) is 25.7 Å². The van der Waals surface area contributed by atoms with Gasteiger partial charge >= 0.3 is 0 Å².